The summed E-state index contributed by atoms with van der Waals surface area (Å²) in [6, 6.07) is 6.35. The van der Waals surface area contributed by atoms with Crippen LogP contribution in [0.1, 0.15) is 46.0 Å². The maximum atomic E-state index is 14.1. The van der Waals surface area contributed by atoms with Crippen LogP contribution >= 0.6 is 0 Å². The van der Waals surface area contributed by atoms with Crippen LogP contribution in [0.2, 0.25) is 0 Å². The minimum Gasteiger partial charge on any atom is -0.494 e. The third kappa shape index (κ3) is 5.57. The van der Waals surface area contributed by atoms with E-state index in [1.807, 2.05) is 13.8 Å². The molecule has 0 aromatic heterocycles. The van der Waals surface area contributed by atoms with Crippen molar-refractivity contribution in [3.8, 4) is 5.75 Å². The van der Waals surface area contributed by atoms with Crippen molar-refractivity contribution >= 4 is 23.4 Å². The standard InChI is InChI=1S/C30H44N4O7/c1-3-29-11-12-30(41-29)24(23(29)26(36)32-21-7-9-22(10-8-21)40-4-2)28(38)34(14-5-6-18-35)25(30)27(37)31-13-15-33-16-19-39-20-17-33/h7-10,23-25,35H,3-6,11-20H2,1-2H3,(H,31,37)(H,32,36)/t23-,24-,25?,29+,30?/m0/s1. The Labute approximate surface area is 241 Å². The van der Waals surface area contributed by atoms with Gasteiger partial charge in [-0.25, -0.2) is 0 Å². The lowest BCUT2D eigenvalue weighted by atomic mass is 9.65. The Morgan fingerprint density at radius 3 is 2.51 bits per heavy atom. The molecule has 11 heteroatoms. The first kappa shape index (κ1) is 29.8. The molecular weight excluding hydrogens is 528 g/mol. The third-order valence-corrected chi connectivity index (χ3v) is 9.28. The molecule has 11 nitrogen and oxygen atoms in total. The number of rotatable bonds is 13. The summed E-state index contributed by atoms with van der Waals surface area (Å²) in [7, 11) is 0. The molecule has 5 atom stereocenters. The number of aliphatic hydroxyl groups is 1. The summed E-state index contributed by atoms with van der Waals surface area (Å²) < 4.78 is 17.7. The lowest BCUT2D eigenvalue weighted by molar-refractivity contribution is -0.146. The summed E-state index contributed by atoms with van der Waals surface area (Å²) in [6.45, 7) is 8.94. The van der Waals surface area contributed by atoms with Gasteiger partial charge in [-0.2, -0.15) is 0 Å². The Bertz CT molecular complexity index is 1090. The van der Waals surface area contributed by atoms with Crippen LogP contribution in [-0.4, -0.2) is 109 Å². The quantitative estimate of drug-likeness (QED) is 0.303. The van der Waals surface area contributed by atoms with E-state index in [0.717, 1.165) is 13.1 Å². The minimum absolute atomic E-state index is 0.00950. The number of hydrogen-bond donors (Lipinski definition) is 3. The Kier molecular flexibility index (Phi) is 9.18. The lowest BCUT2D eigenvalue weighted by Gasteiger charge is -2.34. The first-order valence-corrected chi connectivity index (χ1v) is 15.1. The Balaban J connectivity index is 1.38. The maximum Gasteiger partial charge on any atom is 0.245 e. The Morgan fingerprint density at radius 2 is 1.83 bits per heavy atom. The zero-order chi connectivity index (χ0) is 29.0. The van der Waals surface area contributed by atoms with E-state index in [2.05, 4.69) is 15.5 Å². The van der Waals surface area contributed by atoms with Crippen molar-refractivity contribution in [1.29, 1.82) is 0 Å². The molecule has 0 radical (unpaired) electrons. The second-order valence-corrected chi connectivity index (χ2v) is 11.5. The van der Waals surface area contributed by atoms with E-state index < -0.39 is 29.1 Å². The van der Waals surface area contributed by atoms with Crippen molar-refractivity contribution in [3.05, 3.63) is 24.3 Å². The van der Waals surface area contributed by atoms with Gasteiger partial charge in [-0.3, -0.25) is 19.3 Å². The molecule has 4 fully saturated rings. The number of carbonyl (C=O) groups excluding carboxylic acids is 3. The molecule has 4 heterocycles. The van der Waals surface area contributed by atoms with Gasteiger partial charge in [0.25, 0.3) is 0 Å². The average Bonchev–Trinajstić information content (AvgIpc) is 3.58. The van der Waals surface area contributed by atoms with Crippen LogP contribution in [0.3, 0.4) is 0 Å². The third-order valence-electron chi connectivity index (χ3n) is 9.28. The summed E-state index contributed by atoms with van der Waals surface area (Å²) >= 11 is 0. The summed E-state index contributed by atoms with van der Waals surface area (Å²) in [5.74, 6) is -1.46. The van der Waals surface area contributed by atoms with Gasteiger partial charge < -0.3 is 34.9 Å². The number of nitrogens with one attached hydrogen (secondary N) is 2. The van der Waals surface area contributed by atoms with Crippen LogP contribution in [0.5, 0.6) is 5.75 Å². The molecule has 5 rings (SSSR count). The summed E-state index contributed by atoms with van der Waals surface area (Å²) in [5.41, 5.74) is -1.25. The molecule has 41 heavy (non-hydrogen) atoms. The molecule has 4 aliphatic rings. The van der Waals surface area contributed by atoms with Crippen molar-refractivity contribution < 1.29 is 33.7 Å². The molecule has 4 aliphatic heterocycles. The van der Waals surface area contributed by atoms with Gasteiger partial charge in [0.1, 0.15) is 17.4 Å². The fraction of sp³-hybridized carbons (Fsp3) is 0.700. The molecular formula is C30H44N4O7. The molecule has 1 spiro atoms. The number of fused-ring (bicyclic) bond motifs is 1. The molecule has 2 bridgehead atoms. The molecule has 1 aromatic carbocycles. The number of unbranched alkanes of at least 4 members (excludes halogenated alkanes) is 1. The van der Waals surface area contributed by atoms with Gasteiger partial charge in [0.05, 0.1) is 37.3 Å². The smallest absolute Gasteiger partial charge is 0.245 e. The fourth-order valence-corrected chi connectivity index (χ4v) is 7.33. The molecule has 4 saturated heterocycles. The molecule has 3 amide bonds. The number of anilines is 1. The second-order valence-electron chi connectivity index (χ2n) is 11.5. The zero-order valence-electron chi connectivity index (χ0n) is 24.2. The number of benzene rings is 1. The van der Waals surface area contributed by atoms with Crippen LogP contribution < -0.4 is 15.4 Å². The van der Waals surface area contributed by atoms with Crippen LogP contribution in [0, 0.1) is 11.8 Å². The van der Waals surface area contributed by atoms with Gasteiger partial charge in [0.2, 0.25) is 17.7 Å². The van der Waals surface area contributed by atoms with E-state index in [9.17, 15) is 19.5 Å². The molecule has 3 N–H and O–H groups in total. The van der Waals surface area contributed by atoms with Gasteiger partial charge in [-0.05, 0) is 63.3 Å². The van der Waals surface area contributed by atoms with Crippen LogP contribution in [-0.2, 0) is 23.9 Å². The van der Waals surface area contributed by atoms with Crippen molar-refractivity contribution in [2.75, 3.05) is 64.5 Å². The van der Waals surface area contributed by atoms with E-state index in [4.69, 9.17) is 14.2 Å². The highest BCUT2D eigenvalue weighted by Crippen LogP contribution is 2.64. The lowest BCUT2D eigenvalue weighted by Crippen LogP contribution is -2.56. The van der Waals surface area contributed by atoms with Gasteiger partial charge >= 0.3 is 0 Å². The normalized spacial score (nSPS) is 30.9. The largest absolute Gasteiger partial charge is 0.494 e. The summed E-state index contributed by atoms with van der Waals surface area (Å²) in [6.07, 6.45) is 2.80. The number of ether oxygens (including phenoxy) is 3. The molecule has 0 saturated carbocycles. The number of likely N-dealkylation sites (tertiary alicyclic amines) is 1. The number of morpholine rings is 1. The van der Waals surface area contributed by atoms with Crippen molar-refractivity contribution in [1.82, 2.24) is 15.1 Å². The summed E-state index contributed by atoms with van der Waals surface area (Å²) in [5, 5.41) is 15.5. The van der Waals surface area contributed by atoms with Crippen molar-refractivity contribution in [3.63, 3.8) is 0 Å². The highest BCUT2D eigenvalue weighted by Gasteiger charge is 2.78. The average molecular weight is 573 g/mol. The van der Waals surface area contributed by atoms with Crippen molar-refractivity contribution in [2.45, 2.75) is 63.2 Å². The fourth-order valence-electron chi connectivity index (χ4n) is 7.33. The Hall–Kier alpha value is -2.73. The minimum atomic E-state index is -1.06. The highest BCUT2D eigenvalue weighted by atomic mass is 16.5. The maximum absolute atomic E-state index is 14.1. The predicted molar refractivity (Wildman–Crippen MR) is 151 cm³/mol. The van der Waals surface area contributed by atoms with E-state index in [1.165, 1.54) is 0 Å². The van der Waals surface area contributed by atoms with E-state index in [1.54, 1.807) is 29.2 Å². The molecule has 2 unspecified atom stereocenters. The van der Waals surface area contributed by atoms with E-state index in [0.29, 0.717) is 83.0 Å². The first-order valence-electron chi connectivity index (χ1n) is 15.1. The van der Waals surface area contributed by atoms with Gasteiger partial charge in [-0.15, -0.1) is 0 Å². The zero-order valence-corrected chi connectivity index (χ0v) is 24.2. The van der Waals surface area contributed by atoms with Gasteiger partial charge in [0.15, 0.2) is 0 Å². The monoisotopic (exact) mass is 572 g/mol. The van der Waals surface area contributed by atoms with Crippen LogP contribution in [0.4, 0.5) is 5.69 Å². The molecule has 0 aliphatic carbocycles. The number of amides is 3. The first-order chi connectivity index (χ1) is 19.9. The van der Waals surface area contributed by atoms with Crippen LogP contribution in [0.25, 0.3) is 0 Å². The van der Waals surface area contributed by atoms with Gasteiger partial charge in [0, 0.05) is 45.0 Å². The number of aliphatic hydroxyl groups excluding tert-OH is 1. The van der Waals surface area contributed by atoms with Crippen LogP contribution in [0.15, 0.2) is 24.3 Å². The number of nitrogens with zero attached hydrogens (tertiary/aromatic N) is 2. The predicted octanol–water partition coefficient (Wildman–Crippen LogP) is 1.40. The van der Waals surface area contributed by atoms with E-state index in [-0.39, 0.29) is 24.3 Å². The molecule has 226 valence electrons. The second kappa shape index (κ2) is 12.6. The SMILES string of the molecule is CCOc1ccc(NC(=O)[C@@H]2[C@H]3C(=O)N(CCCCO)C(C(=O)NCCN4CCOCC4)C34CC[C@@]2(CC)O4)cc1. The van der Waals surface area contributed by atoms with E-state index >= 15 is 0 Å². The van der Waals surface area contributed by atoms with Gasteiger partial charge in [-0.1, -0.05) is 6.92 Å². The highest BCUT2D eigenvalue weighted by molar-refractivity contribution is 6.02. The summed E-state index contributed by atoms with van der Waals surface area (Å²) in [4.78, 5) is 45.8. The molecule has 1 aromatic rings. The number of carbonyl (C=O) groups is 3. The van der Waals surface area contributed by atoms with Crippen molar-refractivity contribution in [2.24, 2.45) is 11.8 Å². The Morgan fingerprint density at radius 1 is 1.07 bits per heavy atom. The number of hydrogen-bond acceptors (Lipinski definition) is 8. The topological polar surface area (TPSA) is 130 Å².